The minimum absolute atomic E-state index is 0.465. The molecule has 20 heavy (non-hydrogen) atoms. The molecular weight excluding hydrogens is 244 g/mol. The van der Waals surface area contributed by atoms with Gasteiger partial charge in [-0.15, -0.1) is 0 Å². The lowest BCUT2D eigenvalue weighted by Gasteiger charge is -2.25. The van der Waals surface area contributed by atoms with E-state index >= 15 is 0 Å². The molecule has 1 aromatic carbocycles. The molecule has 1 N–H and O–H groups in total. The van der Waals surface area contributed by atoms with E-state index in [0.717, 1.165) is 18.5 Å². The zero-order chi connectivity index (χ0) is 14.5. The number of rotatable bonds is 6. The van der Waals surface area contributed by atoms with Crippen LogP contribution in [0.3, 0.4) is 0 Å². The second-order valence-electron chi connectivity index (χ2n) is 5.64. The maximum atomic E-state index is 4.94. The Bertz CT molecular complexity index is 562. The normalized spacial score (nSPS) is 14.4. The smallest absolute Gasteiger partial charge is 0.0705 e. The first kappa shape index (κ1) is 15.0. The standard InChI is InChI=1S/C18H26N2/c1-5-11-19-14(4)16(6-2)18-13(3)12-15-9-7-8-10-17(15)20-18/h7-10,12,14,16,19H,5-6,11H2,1-4H3. The molecule has 0 radical (unpaired) electrons. The summed E-state index contributed by atoms with van der Waals surface area (Å²) in [6.45, 7) is 10.00. The van der Waals surface area contributed by atoms with Crippen molar-refractivity contribution >= 4 is 10.9 Å². The molecule has 0 aliphatic heterocycles. The van der Waals surface area contributed by atoms with Crippen LogP contribution in [0.1, 0.15) is 50.8 Å². The van der Waals surface area contributed by atoms with Crippen molar-refractivity contribution in [2.45, 2.75) is 52.5 Å². The first-order chi connectivity index (χ1) is 9.67. The fourth-order valence-electron chi connectivity index (χ4n) is 2.91. The van der Waals surface area contributed by atoms with Gasteiger partial charge < -0.3 is 5.32 Å². The molecule has 108 valence electrons. The highest BCUT2D eigenvalue weighted by Gasteiger charge is 2.20. The van der Waals surface area contributed by atoms with Crippen molar-refractivity contribution in [1.82, 2.24) is 10.3 Å². The Balaban J connectivity index is 2.35. The summed E-state index contributed by atoms with van der Waals surface area (Å²) in [6, 6.07) is 11.1. The monoisotopic (exact) mass is 270 g/mol. The van der Waals surface area contributed by atoms with E-state index in [4.69, 9.17) is 4.98 Å². The van der Waals surface area contributed by atoms with E-state index in [1.165, 1.54) is 23.1 Å². The fourth-order valence-corrected chi connectivity index (χ4v) is 2.91. The first-order valence-corrected chi connectivity index (χ1v) is 7.77. The highest BCUT2D eigenvalue weighted by atomic mass is 14.9. The minimum atomic E-state index is 0.465. The summed E-state index contributed by atoms with van der Waals surface area (Å²) in [4.78, 5) is 4.94. The Morgan fingerprint density at radius 1 is 1.20 bits per heavy atom. The van der Waals surface area contributed by atoms with Gasteiger partial charge in [0.1, 0.15) is 0 Å². The van der Waals surface area contributed by atoms with Gasteiger partial charge in [0.2, 0.25) is 0 Å². The maximum absolute atomic E-state index is 4.94. The van der Waals surface area contributed by atoms with E-state index in [1.54, 1.807) is 0 Å². The van der Waals surface area contributed by atoms with Gasteiger partial charge in [0.25, 0.3) is 0 Å². The number of hydrogen-bond acceptors (Lipinski definition) is 2. The van der Waals surface area contributed by atoms with Gasteiger partial charge in [0.05, 0.1) is 5.52 Å². The SMILES string of the molecule is CCCNC(C)C(CC)c1nc2ccccc2cc1C. The van der Waals surface area contributed by atoms with Crippen molar-refractivity contribution in [3.05, 3.63) is 41.6 Å². The minimum Gasteiger partial charge on any atom is -0.314 e. The topological polar surface area (TPSA) is 24.9 Å². The lowest BCUT2D eigenvalue weighted by molar-refractivity contribution is 0.442. The van der Waals surface area contributed by atoms with Crippen LogP contribution in [0.4, 0.5) is 0 Å². The Kier molecular flexibility index (Phi) is 5.13. The van der Waals surface area contributed by atoms with Crippen molar-refractivity contribution in [3.63, 3.8) is 0 Å². The molecule has 1 heterocycles. The van der Waals surface area contributed by atoms with E-state index in [0.29, 0.717) is 12.0 Å². The third-order valence-electron chi connectivity index (χ3n) is 4.06. The number of benzene rings is 1. The van der Waals surface area contributed by atoms with Crippen LogP contribution < -0.4 is 5.32 Å². The molecule has 2 atom stereocenters. The summed E-state index contributed by atoms with van der Waals surface area (Å²) in [5, 5.41) is 4.85. The van der Waals surface area contributed by atoms with Crippen LogP contribution in [0.15, 0.2) is 30.3 Å². The summed E-state index contributed by atoms with van der Waals surface area (Å²) in [5.41, 5.74) is 3.66. The van der Waals surface area contributed by atoms with Gasteiger partial charge in [-0.1, -0.05) is 32.0 Å². The summed E-state index contributed by atoms with van der Waals surface area (Å²) in [7, 11) is 0. The second-order valence-corrected chi connectivity index (χ2v) is 5.64. The Morgan fingerprint density at radius 2 is 1.95 bits per heavy atom. The van der Waals surface area contributed by atoms with Crippen LogP contribution in [0.5, 0.6) is 0 Å². The number of para-hydroxylation sites is 1. The molecule has 0 aliphatic carbocycles. The fraction of sp³-hybridized carbons (Fsp3) is 0.500. The van der Waals surface area contributed by atoms with Gasteiger partial charge in [-0.2, -0.15) is 0 Å². The highest BCUT2D eigenvalue weighted by Crippen LogP contribution is 2.27. The number of fused-ring (bicyclic) bond motifs is 1. The zero-order valence-corrected chi connectivity index (χ0v) is 13.1. The molecule has 1 aromatic heterocycles. The van der Waals surface area contributed by atoms with Crippen molar-refractivity contribution in [2.24, 2.45) is 0 Å². The molecule has 0 bridgehead atoms. The second kappa shape index (κ2) is 6.85. The molecule has 2 rings (SSSR count). The van der Waals surface area contributed by atoms with E-state index in [1.807, 2.05) is 0 Å². The lowest BCUT2D eigenvalue weighted by Crippen LogP contribution is -2.33. The van der Waals surface area contributed by atoms with Gasteiger partial charge in [-0.25, -0.2) is 0 Å². The average Bonchev–Trinajstić information content (AvgIpc) is 2.46. The van der Waals surface area contributed by atoms with Gasteiger partial charge in [-0.3, -0.25) is 4.98 Å². The molecule has 0 fully saturated rings. The lowest BCUT2D eigenvalue weighted by atomic mass is 9.90. The molecule has 2 unspecified atom stereocenters. The van der Waals surface area contributed by atoms with Gasteiger partial charge >= 0.3 is 0 Å². The summed E-state index contributed by atoms with van der Waals surface area (Å²) < 4.78 is 0. The van der Waals surface area contributed by atoms with Crippen molar-refractivity contribution in [3.8, 4) is 0 Å². The predicted octanol–water partition coefficient (Wildman–Crippen LogP) is 4.42. The Morgan fingerprint density at radius 3 is 2.65 bits per heavy atom. The van der Waals surface area contributed by atoms with Crippen LogP contribution in [0.25, 0.3) is 10.9 Å². The molecule has 0 saturated carbocycles. The molecule has 0 aliphatic rings. The van der Waals surface area contributed by atoms with Crippen LogP contribution in [0.2, 0.25) is 0 Å². The number of aromatic nitrogens is 1. The summed E-state index contributed by atoms with van der Waals surface area (Å²) in [5.74, 6) is 0.478. The number of hydrogen-bond donors (Lipinski definition) is 1. The first-order valence-electron chi connectivity index (χ1n) is 7.77. The largest absolute Gasteiger partial charge is 0.314 e. The summed E-state index contributed by atoms with van der Waals surface area (Å²) in [6.07, 6.45) is 2.29. The van der Waals surface area contributed by atoms with E-state index in [-0.39, 0.29) is 0 Å². The quantitative estimate of drug-likeness (QED) is 0.840. The van der Waals surface area contributed by atoms with Crippen LogP contribution in [0, 0.1) is 6.92 Å². The average molecular weight is 270 g/mol. The predicted molar refractivity (Wildman–Crippen MR) is 87.3 cm³/mol. The Hall–Kier alpha value is -1.41. The molecule has 2 heteroatoms. The Labute approximate surface area is 122 Å². The molecule has 0 saturated heterocycles. The van der Waals surface area contributed by atoms with E-state index in [9.17, 15) is 0 Å². The van der Waals surface area contributed by atoms with Crippen molar-refractivity contribution in [1.29, 1.82) is 0 Å². The van der Waals surface area contributed by atoms with Crippen LogP contribution in [-0.2, 0) is 0 Å². The number of aryl methyl sites for hydroxylation is 1. The van der Waals surface area contributed by atoms with Crippen LogP contribution in [-0.4, -0.2) is 17.6 Å². The molecule has 0 amide bonds. The van der Waals surface area contributed by atoms with Crippen molar-refractivity contribution < 1.29 is 0 Å². The molecule has 2 aromatic rings. The summed E-state index contributed by atoms with van der Waals surface area (Å²) >= 11 is 0. The number of nitrogens with zero attached hydrogens (tertiary/aromatic N) is 1. The highest BCUT2D eigenvalue weighted by molar-refractivity contribution is 5.79. The molecular formula is C18H26N2. The van der Waals surface area contributed by atoms with Gasteiger partial charge in [-0.05, 0) is 50.9 Å². The van der Waals surface area contributed by atoms with Gasteiger partial charge in [0, 0.05) is 23.0 Å². The van der Waals surface area contributed by atoms with Gasteiger partial charge in [0.15, 0.2) is 0 Å². The zero-order valence-electron chi connectivity index (χ0n) is 13.1. The number of nitrogens with one attached hydrogen (secondary N) is 1. The van der Waals surface area contributed by atoms with E-state index in [2.05, 4.69) is 63.3 Å². The molecule has 0 spiro atoms. The third-order valence-corrected chi connectivity index (χ3v) is 4.06. The number of pyridine rings is 1. The molecule has 2 nitrogen and oxygen atoms in total. The van der Waals surface area contributed by atoms with E-state index < -0.39 is 0 Å². The third kappa shape index (κ3) is 3.18. The van der Waals surface area contributed by atoms with Crippen molar-refractivity contribution in [2.75, 3.05) is 6.54 Å². The maximum Gasteiger partial charge on any atom is 0.0705 e. The van der Waals surface area contributed by atoms with Crippen LogP contribution >= 0.6 is 0 Å².